The summed E-state index contributed by atoms with van der Waals surface area (Å²) in [5.41, 5.74) is -0.337. The second-order valence-corrected chi connectivity index (χ2v) is 9.79. The van der Waals surface area contributed by atoms with Crippen molar-refractivity contribution in [2.45, 2.75) is 11.1 Å². The maximum absolute atomic E-state index is 13.5. The van der Waals surface area contributed by atoms with E-state index in [9.17, 15) is 26.4 Å². The van der Waals surface area contributed by atoms with Crippen molar-refractivity contribution in [3.63, 3.8) is 0 Å². The molecule has 7 nitrogen and oxygen atoms in total. The van der Waals surface area contributed by atoms with Gasteiger partial charge in [-0.3, -0.25) is 9.52 Å². The Bertz CT molecular complexity index is 1420. The summed E-state index contributed by atoms with van der Waals surface area (Å²) in [6.07, 6.45) is -3.48. The van der Waals surface area contributed by atoms with Crippen molar-refractivity contribution < 1.29 is 30.8 Å². The molecular weight excluding hydrogens is 515 g/mol. The SMILES string of the molecule is O=C(Nc1ccc(S(=O)(=O)Nc2nccs2)cc1)c1cc(-c2ccc(Cl)cc2)oc1C(F)(F)F. The van der Waals surface area contributed by atoms with Crippen LogP contribution in [0.15, 0.2) is 75.5 Å². The predicted molar refractivity (Wildman–Crippen MR) is 121 cm³/mol. The van der Waals surface area contributed by atoms with Gasteiger partial charge in [0.25, 0.3) is 15.9 Å². The number of nitrogens with zero attached hydrogens (tertiary/aromatic N) is 1. The average Bonchev–Trinajstić information content (AvgIpc) is 3.44. The van der Waals surface area contributed by atoms with Crippen molar-refractivity contribution in [1.29, 1.82) is 0 Å². The summed E-state index contributed by atoms with van der Waals surface area (Å²) in [5, 5.41) is 4.48. The lowest BCUT2D eigenvalue weighted by atomic mass is 10.1. The summed E-state index contributed by atoms with van der Waals surface area (Å²) < 4.78 is 72.6. The average molecular weight is 528 g/mol. The molecule has 0 atom stereocenters. The van der Waals surface area contributed by atoms with Gasteiger partial charge >= 0.3 is 6.18 Å². The smallest absolute Gasteiger partial charge is 0.450 e. The zero-order valence-electron chi connectivity index (χ0n) is 16.8. The number of rotatable bonds is 6. The van der Waals surface area contributed by atoms with E-state index in [-0.39, 0.29) is 21.5 Å². The highest BCUT2D eigenvalue weighted by molar-refractivity contribution is 7.93. The predicted octanol–water partition coefficient (Wildman–Crippen LogP) is 6.13. The summed E-state index contributed by atoms with van der Waals surface area (Å²) in [4.78, 5) is 16.4. The highest BCUT2D eigenvalue weighted by Gasteiger charge is 2.40. The van der Waals surface area contributed by atoms with Crippen molar-refractivity contribution in [3.05, 3.63) is 82.5 Å². The Morgan fingerprint density at radius 2 is 1.74 bits per heavy atom. The normalized spacial score (nSPS) is 11.9. The number of benzene rings is 2. The number of halogens is 4. The molecule has 0 aliphatic heterocycles. The van der Waals surface area contributed by atoms with Crippen LogP contribution in [0.1, 0.15) is 16.1 Å². The zero-order valence-corrected chi connectivity index (χ0v) is 19.1. The Hall–Kier alpha value is -3.35. The molecule has 13 heteroatoms. The molecule has 0 aliphatic carbocycles. The lowest BCUT2D eigenvalue weighted by Gasteiger charge is -2.09. The van der Waals surface area contributed by atoms with Crippen LogP contribution >= 0.6 is 22.9 Å². The summed E-state index contributed by atoms with van der Waals surface area (Å²) in [6.45, 7) is 0. The number of amides is 1. The summed E-state index contributed by atoms with van der Waals surface area (Å²) >= 11 is 6.90. The first-order valence-electron chi connectivity index (χ1n) is 9.33. The van der Waals surface area contributed by atoms with Crippen LogP contribution in [0.25, 0.3) is 11.3 Å². The minimum Gasteiger partial charge on any atom is -0.451 e. The lowest BCUT2D eigenvalue weighted by molar-refractivity contribution is -0.153. The van der Waals surface area contributed by atoms with Crippen LogP contribution in [0.2, 0.25) is 5.02 Å². The molecule has 0 bridgehead atoms. The molecule has 0 saturated carbocycles. The molecule has 0 fully saturated rings. The number of furan rings is 1. The first-order chi connectivity index (χ1) is 16.0. The summed E-state index contributed by atoms with van der Waals surface area (Å²) in [5.74, 6) is -2.70. The first-order valence-corrected chi connectivity index (χ1v) is 12.1. The van der Waals surface area contributed by atoms with Gasteiger partial charge in [0.2, 0.25) is 5.76 Å². The van der Waals surface area contributed by atoms with Gasteiger partial charge in [0.15, 0.2) is 5.13 Å². The molecular formula is C21H13ClF3N3O4S2. The zero-order chi connectivity index (χ0) is 24.5. The fourth-order valence-corrected chi connectivity index (χ4v) is 4.80. The second kappa shape index (κ2) is 9.12. The van der Waals surface area contributed by atoms with Gasteiger partial charge in [-0.25, -0.2) is 13.4 Å². The van der Waals surface area contributed by atoms with Gasteiger partial charge in [0.05, 0.1) is 10.5 Å². The van der Waals surface area contributed by atoms with Gasteiger partial charge in [0.1, 0.15) is 5.76 Å². The third-order valence-electron chi connectivity index (χ3n) is 4.44. The molecule has 4 rings (SSSR count). The van der Waals surface area contributed by atoms with Crippen molar-refractivity contribution in [2.75, 3.05) is 10.0 Å². The first kappa shape index (κ1) is 23.8. The number of alkyl halides is 3. The number of carbonyl (C=O) groups excluding carboxylic acids is 1. The molecule has 1 amide bonds. The maximum atomic E-state index is 13.5. The number of sulfonamides is 1. The Labute approximate surface area is 200 Å². The molecule has 2 N–H and O–H groups in total. The molecule has 0 unspecified atom stereocenters. The fourth-order valence-electron chi connectivity index (χ4n) is 2.89. The fraction of sp³-hybridized carbons (Fsp3) is 0.0476. The molecule has 2 aromatic heterocycles. The van der Waals surface area contributed by atoms with E-state index in [0.717, 1.165) is 17.4 Å². The van der Waals surface area contributed by atoms with E-state index in [4.69, 9.17) is 16.0 Å². The lowest BCUT2D eigenvalue weighted by Crippen LogP contribution is -2.17. The van der Waals surface area contributed by atoms with E-state index in [1.165, 1.54) is 54.7 Å². The van der Waals surface area contributed by atoms with E-state index in [1.807, 2.05) is 0 Å². The van der Waals surface area contributed by atoms with Crippen molar-refractivity contribution >= 4 is 49.7 Å². The third-order valence-corrected chi connectivity index (χ3v) is 6.86. The number of anilines is 2. The maximum Gasteiger partial charge on any atom is 0.450 e. The second-order valence-electron chi connectivity index (χ2n) is 6.78. The number of nitrogens with one attached hydrogen (secondary N) is 2. The number of aromatic nitrogens is 1. The molecule has 0 radical (unpaired) electrons. The summed E-state index contributed by atoms with van der Waals surface area (Å²) in [7, 11) is -3.93. The topological polar surface area (TPSA) is 101 Å². The van der Waals surface area contributed by atoms with Crippen molar-refractivity contribution in [2.24, 2.45) is 0 Å². The van der Waals surface area contributed by atoms with Gasteiger partial charge in [-0.15, -0.1) is 11.3 Å². The number of hydrogen-bond acceptors (Lipinski definition) is 6. The molecule has 2 heterocycles. The Morgan fingerprint density at radius 1 is 1.06 bits per heavy atom. The third kappa shape index (κ3) is 5.24. The van der Waals surface area contributed by atoms with Gasteiger partial charge in [-0.1, -0.05) is 11.6 Å². The molecule has 0 saturated heterocycles. The van der Waals surface area contributed by atoms with E-state index in [0.29, 0.717) is 10.6 Å². The van der Waals surface area contributed by atoms with Gasteiger partial charge in [-0.2, -0.15) is 13.2 Å². The number of carbonyl (C=O) groups is 1. The Morgan fingerprint density at radius 3 is 2.32 bits per heavy atom. The van der Waals surface area contributed by atoms with E-state index >= 15 is 0 Å². The number of hydrogen-bond donors (Lipinski definition) is 2. The van der Waals surface area contributed by atoms with Crippen LogP contribution in [0.4, 0.5) is 24.0 Å². The monoisotopic (exact) mass is 527 g/mol. The van der Waals surface area contributed by atoms with Gasteiger partial charge in [-0.05, 0) is 54.6 Å². The highest BCUT2D eigenvalue weighted by Crippen LogP contribution is 2.37. The van der Waals surface area contributed by atoms with E-state index < -0.39 is 33.4 Å². The highest BCUT2D eigenvalue weighted by atomic mass is 35.5. The summed E-state index contributed by atoms with van der Waals surface area (Å²) in [6, 6.07) is 11.8. The number of thiazole rings is 1. The van der Waals surface area contributed by atoms with Gasteiger partial charge < -0.3 is 9.73 Å². The quantitative estimate of drug-likeness (QED) is 0.314. The van der Waals surface area contributed by atoms with Crippen LogP contribution in [-0.2, 0) is 16.2 Å². The van der Waals surface area contributed by atoms with Crippen LogP contribution < -0.4 is 10.0 Å². The largest absolute Gasteiger partial charge is 0.451 e. The minimum atomic E-state index is -4.92. The van der Waals surface area contributed by atoms with Crippen LogP contribution in [0.5, 0.6) is 0 Å². The molecule has 176 valence electrons. The molecule has 0 aliphatic rings. The van der Waals surface area contributed by atoms with Crippen LogP contribution in [0, 0.1) is 0 Å². The Kier molecular flexibility index (Phi) is 6.39. The molecule has 2 aromatic carbocycles. The van der Waals surface area contributed by atoms with E-state index in [2.05, 4.69) is 15.0 Å². The Balaban J connectivity index is 1.57. The molecule has 4 aromatic rings. The van der Waals surface area contributed by atoms with Gasteiger partial charge in [0, 0.05) is 27.9 Å². The standard InChI is InChI=1S/C21H13ClF3N3O4S2/c22-13-3-1-12(2-4-13)17-11-16(18(32-17)21(23,24)25)19(29)27-14-5-7-15(8-6-14)34(30,31)28-20-26-9-10-33-20/h1-11H,(H,26,28)(H,27,29). The van der Waals surface area contributed by atoms with Crippen LogP contribution in [0.3, 0.4) is 0 Å². The van der Waals surface area contributed by atoms with Crippen molar-refractivity contribution in [1.82, 2.24) is 4.98 Å². The minimum absolute atomic E-state index is 0.0839. The van der Waals surface area contributed by atoms with Crippen LogP contribution in [-0.4, -0.2) is 19.3 Å². The molecule has 34 heavy (non-hydrogen) atoms. The van der Waals surface area contributed by atoms with Crippen molar-refractivity contribution in [3.8, 4) is 11.3 Å². The van der Waals surface area contributed by atoms with E-state index in [1.54, 1.807) is 5.38 Å². The molecule has 0 spiro atoms.